The summed E-state index contributed by atoms with van der Waals surface area (Å²) in [5, 5.41) is 12.0. The maximum atomic E-state index is 12.9. The summed E-state index contributed by atoms with van der Waals surface area (Å²) in [5.41, 5.74) is 2.44. The molecule has 0 aliphatic rings. The first-order valence-electron chi connectivity index (χ1n) is 7.55. The molecule has 0 saturated heterocycles. The van der Waals surface area contributed by atoms with Gasteiger partial charge in [0.2, 0.25) is 5.91 Å². The van der Waals surface area contributed by atoms with Crippen molar-refractivity contribution in [3.63, 3.8) is 0 Å². The van der Waals surface area contributed by atoms with Gasteiger partial charge in [-0.2, -0.15) is 5.26 Å². The number of aromatic nitrogens is 1. The van der Waals surface area contributed by atoms with Crippen LogP contribution in [0.1, 0.15) is 22.7 Å². The molecule has 24 heavy (non-hydrogen) atoms. The van der Waals surface area contributed by atoms with E-state index >= 15 is 0 Å². The Bertz CT molecular complexity index is 831. The number of carbonyl (C=O) groups excluding carboxylic acids is 1. The lowest BCUT2D eigenvalue weighted by atomic mass is 9.94. The van der Waals surface area contributed by atoms with Gasteiger partial charge >= 0.3 is 0 Å². The van der Waals surface area contributed by atoms with E-state index in [1.54, 1.807) is 30.5 Å². The molecule has 1 aromatic heterocycles. The lowest BCUT2D eigenvalue weighted by Gasteiger charge is -2.17. The van der Waals surface area contributed by atoms with Gasteiger partial charge in [0.25, 0.3) is 0 Å². The second-order valence-corrected chi connectivity index (χ2v) is 5.24. The number of carbonyl (C=O) groups is 1. The lowest BCUT2D eigenvalue weighted by Crippen LogP contribution is -2.23. The van der Waals surface area contributed by atoms with Gasteiger partial charge in [-0.25, -0.2) is 0 Å². The second-order valence-electron chi connectivity index (χ2n) is 5.24. The average molecular weight is 313 g/mol. The standard InChI is InChI=1S/C20H15N3O/c21-14-16-10-4-5-11-17(16)23-20(24)19(15-8-2-1-3-9-15)18-12-6-7-13-22-18/h1-13,19H,(H,23,24). The number of anilines is 1. The summed E-state index contributed by atoms with van der Waals surface area (Å²) in [6.07, 6.45) is 1.67. The summed E-state index contributed by atoms with van der Waals surface area (Å²) >= 11 is 0. The number of nitriles is 1. The Kier molecular flexibility index (Phi) is 4.64. The Morgan fingerprint density at radius 1 is 0.958 bits per heavy atom. The van der Waals surface area contributed by atoms with Crippen molar-refractivity contribution in [2.75, 3.05) is 5.32 Å². The number of para-hydroxylation sites is 1. The van der Waals surface area contributed by atoms with Gasteiger partial charge in [-0.3, -0.25) is 9.78 Å². The monoisotopic (exact) mass is 313 g/mol. The molecule has 0 bridgehead atoms. The fourth-order valence-electron chi connectivity index (χ4n) is 2.54. The minimum absolute atomic E-state index is 0.220. The first-order valence-corrected chi connectivity index (χ1v) is 7.55. The predicted molar refractivity (Wildman–Crippen MR) is 92.3 cm³/mol. The zero-order chi connectivity index (χ0) is 16.8. The van der Waals surface area contributed by atoms with Crippen LogP contribution < -0.4 is 5.32 Å². The molecule has 0 fully saturated rings. The summed E-state index contributed by atoms with van der Waals surface area (Å²) in [6, 6.07) is 24.0. The molecule has 1 atom stereocenters. The molecule has 0 saturated carbocycles. The molecule has 4 heteroatoms. The van der Waals surface area contributed by atoms with Crippen LogP contribution in [0, 0.1) is 11.3 Å². The average Bonchev–Trinajstić information content (AvgIpc) is 2.64. The summed E-state index contributed by atoms with van der Waals surface area (Å²) in [6.45, 7) is 0. The van der Waals surface area contributed by atoms with Crippen molar-refractivity contribution in [2.24, 2.45) is 0 Å². The molecule has 3 rings (SSSR count). The van der Waals surface area contributed by atoms with Crippen molar-refractivity contribution in [1.82, 2.24) is 4.98 Å². The number of nitrogens with one attached hydrogen (secondary N) is 1. The van der Waals surface area contributed by atoms with Crippen molar-refractivity contribution in [1.29, 1.82) is 5.26 Å². The number of hydrogen-bond acceptors (Lipinski definition) is 3. The maximum absolute atomic E-state index is 12.9. The fraction of sp³-hybridized carbons (Fsp3) is 0.0500. The van der Waals surface area contributed by atoms with Gasteiger partial charge in [-0.15, -0.1) is 0 Å². The first-order chi connectivity index (χ1) is 11.8. The van der Waals surface area contributed by atoms with E-state index in [9.17, 15) is 10.1 Å². The van der Waals surface area contributed by atoms with E-state index in [4.69, 9.17) is 0 Å². The molecule has 0 radical (unpaired) electrons. The minimum atomic E-state index is -0.542. The molecule has 4 nitrogen and oxygen atoms in total. The van der Waals surface area contributed by atoms with Crippen molar-refractivity contribution in [3.8, 4) is 6.07 Å². The Morgan fingerprint density at radius 2 is 1.67 bits per heavy atom. The van der Waals surface area contributed by atoms with E-state index in [1.807, 2.05) is 48.5 Å². The molecule has 0 aliphatic carbocycles. The summed E-state index contributed by atoms with van der Waals surface area (Å²) < 4.78 is 0. The Morgan fingerprint density at radius 3 is 2.38 bits per heavy atom. The van der Waals surface area contributed by atoms with E-state index in [-0.39, 0.29) is 5.91 Å². The maximum Gasteiger partial charge on any atom is 0.238 e. The second kappa shape index (κ2) is 7.21. The Hall–Kier alpha value is -3.45. The van der Waals surface area contributed by atoms with Crippen LogP contribution in [0.15, 0.2) is 79.0 Å². The van der Waals surface area contributed by atoms with Crippen LogP contribution in [0.2, 0.25) is 0 Å². The van der Waals surface area contributed by atoms with E-state index in [0.717, 1.165) is 5.56 Å². The Labute approximate surface area is 140 Å². The van der Waals surface area contributed by atoms with E-state index in [1.165, 1.54) is 0 Å². The van der Waals surface area contributed by atoms with Crippen LogP contribution in [0.25, 0.3) is 0 Å². The molecule has 1 heterocycles. The van der Waals surface area contributed by atoms with Crippen LogP contribution in [0.5, 0.6) is 0 Å². The SMILES string of the molecule is N#Cc1ccccc1NC(=O)C(c1ccccc1)c1ccccn1. The topological polar surface area (TPSA) is 65.8 Å². The smallest absolute Gasteiger partial charge is 0.238 e. The Balaban J connectivity index is 1.97. The lowest BCUT2D eigenvalue weighted by molar-refractivity contribution is -0.116. The molecule has 116 valence electrons. The third-order valence-electron chi connectivity index (χ3n) is 3.68. The van der Waals surface area contributed by atoms with Crippen LogP contribution in [0.4, 0.5) is 5.69 Å². The zero-order valence-corrected chi connectivity index (χ0v) is 12.9. The predicted octanol–water partition coefficient (Wildman–Crippen LogP) is 3.72. The fourth-order valence-corrected chi connectivity index (χ4v) is 2.54. The van der Waals surface area contributed by atoms with E-state index in [2.05, 4.69) is 16.4 Å². The van der Waals surface area contributed by atoms with Gasteiger partial charge in [0.05, 0.1) is 16.9 Å². The van der Waals surface area contributed by atoms with Crippen molar-refractivity contribution in [3.05, 3.63) is 95.8 Å². The van der Waals surface area contributed by atoms with Crippen molar-refractivity contribution < 1.29 is 4.79 Å². The van der Waals surface area contributed by atoms with Gasteiger partial charge in [-0.05, 0) is 29.8 Å². The number of amides is 1. The van der Waals surface area contributed by atoms with Crippen molar-refractivity contribution >= 4 is 11.6 Å². The quantitative estimate of drug-likeness (QED) is 0.798. The highest BCUT2D eigenvalue weighted by molar-refractivity contribution is 5.98. The van der Waals surface area contributed by atoms with Gasteiger partial charge in [0.15, 0.2) is 0 Å². The molecule has 2 aromatic carbocycles. The normalized spacial score (nSPS) is 11.3. The zero-order valence-electron chi connectivity index (χ0n) is 12.9. The minimum Gasteiger partial charge on any atom is -0.324 e. The summed E-state index contributed by atoms with van der Waals surface area (Å²) in [7, 11) is 0. The highest BCUT2D eigenvalue weighted by atomic mass is 16.1. The molecule has 1 unspecified atom stereocenters. The van der Waals surface area contributed by atoms with Crippen LogP contribution >= 0.6 is 0 Å². The number of benzene rings is 2. The third kappa shape index (κ3) is 3.31. The van der Waals surface area contributed by atoms with E-state index < -0.39 is 5.92 Å². The van der Waals surface area contributed by atoms with Crippen LogP contribution in [0.3, 0.4) is 0 Å². The first kappa shape index (κ1) is 15.4. The van der Waals surface area contributed by atoms with Gasteiger partial charge in [0.1, 0.15) is 12.0 Å². The largest absolute Gasteiger partial charge is 0.324 e. The molecular formula is C20H15N3O. The molecule has 0 aliphatic heterocycles. The van der Waals surface area contributed by atoms with Crippen LogP contribution in [-0.2, 0) is 4.79 Å². The highest BCUT2D eigenvalue weighted by Crippen LogP contribution is 2.25. The highest BCUT2D eigenvalue weighted by Gasteiger charge is 2.24. The summed E-state index contributed by atoms with van der Waals surface area (Å²) in [5.74, 6) is -0.762. The van der Waals surface area contributed by atoms with E-state index in [0.29, 0.717) is 16.9 Å². The summed E-state index contributed by atoms with van der Waals surface area (Å²) in [4.78, 5) is 17.3. The molecular weight excluding hydrogens is 298 g/mol. The molecule has 1 N–H and O–H groups in total. The molecule has 3 aromatic rings. The van der Waals surface area contributed by atoms with Crippen molar-refractivity contribution in [2.45, 2.75) is 5.92 Å². The number of pyridine rings is 1. The molecule has 1 amide bonds. The van der Waals surface area contributed by atoms with Crippen LogP contribution in [-0.4, -0.2) is 10.9 Å². The number of nitrogens with zero attached hydrogens (tertiary/aromatic N) is 2. The molecule has 0 spiro atoms. The number of hydrogen-bond donors (Lipinski definition) is 1. The third-order valence-corrected chi connectivity index (χ3v) is 3.68. The van der Waals surface area contributed by atoms with Gasteiger partial charge in [-0.1, -0.05) is 48.5 Å². The number of rotatable bonds is 4. The van der Waals surface area contributed by atoms with Gasteiger partial charge in [0, 0.05) is 6.20 Å². The van der Waals surface area contributed by atoms with Gasteiger partial charge < -0.3 is 5.32 Å².